The Kier molecular flexibility index (Phi) is 9.10. The topological polar surface area (TPSA) is 86.8 Å². The molecule has 1 aromatic rings. The first-order valence-corrected chi connectivity index (χ1v) is 12.0. The maximum atomic E-state index is 12.7. The SMILES string of the molecule is CCN(CC)C(=O)CCCC(=O)NCc1ccc(S(=O)(=O)N2CCCCC2)cc1. The maximum Gasteiger partial charge on any atom is 0.243 e. The molecule has 7 nitrogen and oxygen atoms in total. The van der Waals surface area contributed by atoms with Crippen LogP contribution in [0, 0.1) is 0 Å². The van der Waals surface area contributed by atoms with E-state index in [-0.39, 0.29) is 11.8 Å². The summed E-state index contributed by atoms with van der Waals surface area (Å²) in [5.41, 5.74) is 0.843. The van der Waals surface area contributed by atoms with E-state index in [1.807, 2.05) is 13.8 Å². The molecule has 0 aliphatic carbocycles. The van der Waals surface area contributed by atoms with Crippen LogP contribution in [0.4, 0.5) is 0 Å². The number of nitrogens with one attached hydrogen (secondary N) is 1. The van der Waals surface area contributed by atoms with Gasteiger partial charge in [-0.2, -0.15) is 4.31 Å². The summed E-state index contributed by atoms with van der Waals surface area (Å²) in [6.07, 6.45) is 4.09. The van der Waals surface area contributed by atoms with Crippen molar-refractivity contribution in [2.24, 2.45) is 0 Å². The molecule has 8 heteroatoms. The van der Waals surface area contributed by atoms with Gasteiger partial charge in [0, 0.05) is 45.6 Å². The molecular formula is C21H33N3O4S. The van der Waals surface area contributed by atoms with Crippen LogP contribution < -0.4 is 5.32 Å². The molecule has 0 saturated carbocycles. The molecule has 1 saturated heterocycles. The van der Waals surface area contributed by atoms with Gasteiger partial charge in [-0.3, -0.25) is 9.59 Å². The number of hydrogen-bond donors (Lipinski definition) is 1. The highest BCUT2D eigenvalue weighted by Gasteiger charge is 2.25. The number of carbonyl (C=O) groups excluding carboxylic acids is 2. The van der Waals surface area contributed by atoms with Gasteiger partial charge in [0.05, 0.1) is 4.90 Å². The largest absolute Gasteiger partial charge is 0.352 e. The predicted octanol–water partition coefficient (Wildman–Crippen LogP) is 2.52. The van der Waals surface area contributed by atoms with Crippen molar-refractivity contribution in [3.8, 4) is 0 Å². The molecular weight excluding hydrogens is 390 g/mol. The molecule has 2 amide bonds. The number of nitrogens with zero attached hydrogens (tertiary/aromatic N) is 2. The van der Waals surface area contributed by atoms with E-state index in [9.17, 15) is 18.0 Å². The smallest absolute Gasteiger partial charge is 0.243 e. The lowest BCUT2D eigenvalue weighted by Gasteiger charge is -2.25. The van der Waals surface area contributed by atoms with E-state index in [0.29, 0.717) is 56.9 Å². The van der Waals surface area contributed by atoms with Crippen LogP contribution in [0.2, 0.25) is 0 Å². The summed E-state index contributed by atoms with van der Waals surface area (Å²) in [6.45, 7) is 6.75. The highest BCUT2D eigenvalue weighted by molar-refractivity contribution is 7.89. The van der Waals surface area contributed by atoms with E-state index < -0.39 is 10.0 Å². The molecule has 29 heavy (non-hydrogen) atoms. The average molecular weight is 424 g/mol. The molecule has 0 aromatic heterocycles. The molecule has 162 valence electrons. The van der Waals surface area contributed by atoms with Crippen molar-refractivity contribution in [1.82, 2.24) is 14.5 Å². The average Bonchev–Trinajstić information content (AvgIpc) is 2.74. The van der Waals surface area contributed by atoms with Gasteiger partial charge in [-0.05, 0) is 50.8 Å². The lowest BCUT2D eigenvalue weighted by molar-refractivity contribution is -0.131. The van der Waals surface area contributed by atoms with Gasteiger partial charge >= 0.3 is 0 Å². The summed E-state index contributed by atoms with van der Waals surface area (Å²) >= 11 is 0. The Morgan fingerprint density at radius 2 is 1.62 bits per heavy atom. The number of hydrogen-bond acceptors (Lipinski definition) is 4. The van der Waals surface area contributed by atoms with Gasteiger partial charge < -0.3 is 10.2 Å². The van der Waals surface area contributed by atoms with Crippen LogP contribution in [0.1, 0.15) is 57.9 Å². The van der Waals surface area contributed by atoms with E-state index in [4.69, 9.17) is 0 Å². The fraction of sp³-hybridized carbons (Fsp3) is 0.619. The number of piperidine rings is 1. The number of benzene rings is 1. The second-order valence-corrected chi connectivity index (χ2v) is 9.24. The van der Waals surface area contributed by atoms with Gasteiger partial charge in [0.25, 0.3) is 0 Å². The molecule has 1 heterocycles. The van der Waals surface area contributed by atoms with Gasteiger partial charge in [-0.15, -0.1) is 0 Å². The number of amides is 2. The quantitative estimate of drug-likeness (QED) is 0.626. The predicted molar refractivity (Wildman–Crippen MR) is 113 cm³/mol. The van der Waals surface area contributed by atoms with Crippen LogP contribution >= 0.6 is 0 Å². The number of rotatable bonds is 10. The molecule has 1 aliphatic rings. The van der Waals surface area contributed by atoms with Crippen LogP contribution in [-0.2, 0) is 26.2 Å². The highest BCUT2D eigenvalue weighted by Crippen LogP contribution is 2.20. The van der Waals surface area contributed by atoms with Crippen molar-refractivity contribution in [3.63, 3.8) is 0 Å². The third kappa shape index (κ3) is 6.82. The van der Waals surface area contributed by atoms with E-state index in [1.165, 1.54) is 0 Å². The molecule has 1 aromatic carbocycles. The summed E-state index contributed by atoms with van der Waals surface area (Å²) in [5.74, 6) is -0.0318. The van der Waals surface area contributed by atoms with Gasteiger partial charge in [0.15, 0.2) is 0 Å². The zero-order valence-electron chi connectivity index (χ0n) is 17.5. The summed E-state index contributed by atoms with van der Waals surface area (Å²) in [7, 11) is -3.43. The molecule has 0 radical (unpaired) electrons. The minimum absolute atomic E-state index is 0.0771. The highest BCUT2D eigenvalue weighted by atomic mass is 32.2. The summed E-state index contributed by atoms with van der Waals surface area (Å²) in [4.78, 5) is 26.0. The van der Waals surface area contributed by atoms with Gasteiger partial charge in [-0.25, -0.2) is 8.42 Å². The van der Waals surface area contributed by atoms with Gasteiger partial charge in [0.2, 0.25) is 21.8 Å². The summed E-state index contributed by atoms with van der Waals surface area (Å²) in [6, 6.07) is 6.68. The monoisotopic (exact) mass is 423 g/mol. The Balaban J connectivity index is 1.78. The van der Waals surface area contributed by atoms with Crippen molar-refractivity contribution in [3.05, 3.63) is 29.8 Å². The van der Waals surface area contributed by atoms with Crippen molar-refractivity contribution in [2.75, 3.05) is 26.2 Å². The lowest BCUT2D eigenvalue weighted by Crippen LogP contribution is -2.35. The molecule has 0 unspecified atom stereocenters. The van der Waals surface area contributed by atoms with Crippen molar-refractivity contribution in [1.29, 1.82) is 0 Å². The second kappa shape index (κ2) is 11.3. The van der Waals surface area contributed by atoms with Crippen LogP contribution in [0.5, 0.6) is 0 Å². The van der Waals surface area contributed by atoms with Crippen LogP contribution in [0.15, 0.2) is 29.2 Å². The molecule has 0 atom stereocenters. The molecule has 1 fully saturated rings. The lowest BCUT2D eigenvalue weighted by atomic mass is 10.2. The Hall–Kier alpha value is -1.93. The maximum absolute atomic E-state index is 12.7. The fourth-order valence-electron chi connectivity index (χ4n) is 3.46. The molecule has 2 rings (SSSR count). The van der Waals surface area contributed by atoms with Crippen molar-refractivity contribution < 1.29 is 18.0 Å². The molecule has 0 spiro atoms. The van der Waals surface area contributed by atoms with E-state index >= 15 is 0 Å². The third-order valence-corrected chi connectivity index (χ3v) is 7.19. The van der Waals surface area contributed by atoms with E-state index in [1.54, 1.807) is 33.5 Å². The van der Waals surface area contributed by atoms with Crippen molar-refractivity contribution >= 4 is 21.8 Å². The zero-order chi connectivity index (χ0) is 21.3. The first-order chi connectivity index (χ1) is 13.9. The minimum Gasteiger partial charge on any atom is -0.352 e. The van der Waals surface area contributed by atoms with Gasteiger partial charge in [-0.1, -0.05) is 18.6 Å². The Labute approximate surface area is 174 Å². The Bertz CT molecular complexity index is 768. The van der Waals surface area contributed by atoms with E-state index in [0.717, 1.165) is 24.8 Å². The third-order valence-electron chi connectivity index (χ3n) is 5.28. The minimum atomic E-state index is -3.43. The zero-order valence-corrected chi connectivity index (χ0v) is 18.3. The van der Waals surface area contributed by atoms with Crippen LogP contribution in [0.3, 0.4) is 0 Å². The summed E-state index contributed by atoms with van der Waals surface area (Å²) < 4.78 is 26.9. The first kappa shape index (κ1) is 23.3. The fourth-order valence-corrected chi connectivity index (χ4v) is 4.97. The van der Waals surface area contributed by atoms with E-state index in [2.05, 4.69) is 5.32 Å². The van der Waals surface area contributed by atoms with Crippen LogP contribution in [0.25, 0.3) is 0 Å². The van der Waals surface area contributed by atoms with Crippen molar-refractivity contribution in [2.45, 2.75) is 63.8 Å². The standard InChI is InChI=1S/C21H33N3O4S/c1-3-23(4-2)21(26)10-8-9-20(25)22-17-18-11-13-19(14-12-18)29(27,28)24-15-6-5-7-16-24/h11-14H,3-10,15-17H2,1-2H3,(H,22,25). The Morgan fingerprint density at radius 3 is 2.21 bits per heavy atom. The second-order valence-electron chi connectivity index (χ2n) is 7.31. The van der Waals surface area contributed by atoms with Crippen LogP contribution in [-0.4, -0.2) is 55.6 Å². The molecule has 0 bridgehead atoms. The molecule has 1 aliphatic heterocycles. The summed E-state index contributed by atoms with van der Waals surface area (Å²) in [5, 5.41) is 2.83. The number of sulfonamides is 1. The normalized spacial score (nSPS) is 15.1. The Morgan fingerprint density at radius 1 is 1.00 bits per heavy atom. The molecule has 1 N–H and O–H groups in total. The first-order valence-electron chi connectivity index (χ1n) is 10.5. The van der Waals surface area contributed by atoms with Gasteiger partial charge in [0.1, 0.15) is 0 Å². The number of carbonyl (C=O) groups is 2.